The Morgan fingerprint density at radius 3 is 2.18 bits per heavy atom. The van der Waals surface area contributed by atoms with Crippen molar-refractivity contribution in [3.8, 4) is 0 Å². The molecule has 162 valence electrons. The maximum absolute atomic E-state index is 11.1. The number of aliphatic hydroxyl groups excluding tert-OH is 4. The van der Waals surface area contributed by atoms with Gasteiger partial charge in [-0.1, -0.05) is 33.6 Å². The summed E-state index contributed by atoms with van der Waals surface area (Å²) >= 11 is 0. The van der Waals surface area contributed by atoms with E-state index >= 15 is 0 Å². The Balaban J connectivity index is 1.63. The van der Waals surface area contributed by atoms with Crippen LogP contribution in [-0.4, -0.2) is 44.8 Å². The molecule has 0 saturated heterocycles. The number of aliphatic hydroxyl groups is 4. The molecule has 28 heavy (non-hydrogen) atoms. The lowest BCUT2D eigenvalue weighted by atomic mass is 9.44. The summed E-state index contributed by atoms with van der Waals surface area (Å²) in [6, 6.07) is 0. The lowest BCUT2D eigenvalue weighted by Crippen LogP contribution is -2.57. The molecule has 0 amide bonds. The Morgan fingerprint density at radius 2 is 1.50 bits per heavy atom. The number of rotatable bonds is 3. The molecule has 0 aromatic rings. The van der Waals surface area contributed by atoms with Gasteiger partial charge in [0, 0.05) is 0 Å². The van der Waals surface area contributed by atoms with E-state index in [1.54, 1.807) is 6.92 Å². The summed E-state index contributed by atoms with van der Waals surface area (Å²) in [6.07, 6.45) is 6.69. The molecule has 0 spiro atoms. The first kappa shape index (κ1) is 21.1. The van der Waals surface area contributed by atoms with Crippen molar-refractivity contribution in [2.24, 2.45) is 46.3 Å². The quantitative estimate of drug-likeness (QED) is 0.592. The van der Waals surface area contributed by atoms with E-state index in [0.717, 1.165) is 19.3 Å². The van der Waals surface area contributed by atoms with Gasteiger partial charge in [0.2, 0.25) is 0 Å². The summed E-state index contributed by atoms with van der Waals surface area (Å²) in [5.41, 5.74) is 0.225. The van der Waals surface area contributed by atoms with Crippen LogP contribution in [0.25, 0.3) is 0 Å². The molecule has 0 aliphatic heterocycles. The Labute approximate surface area is 170 Å². The predicted molar refractivity (Wildman–Crippen MR) is 109 cm³/mol. The van der Waals surface area contributed by atoms with Gasteiger partial charge >= 0.3 is 0 Å². The first-order valence-electron chi connectivity index (χ1n) is 11.8. The SMILES string of the molecule is CC(O)C(O)[C@@H](C)[C@H]1C(O)C[C@H]2[C@@H]3CC(O)C4CCCC[C@]4(C)[C@H]3CC[C@]12C. The molecule has 5 unspecified atom stereocenters. The molecule has 4 N–H and O–H groups in total. The summed E-state index contributed by atoms with van der Waals surface area (Å²) < 4.78 is 0. The lowest BCUT2D eigenvalue weighted by molar-refractivity contribution is -0.162. The average molecular weight is 395 g/mol. The van der Waals surface area contributed by atoms with E-state index in [9.17, 15) is 20.4 Å². The minimum Gasteiger partial charge on any atom is -0.393 e. The average Bonchev–Trinajstić information content (AvgIpc) is 2.91. The van der Waals surface area contributed by atoms with Crippen molar-refractivity contribution >= 4 is 0 Å². The predicted octanol–water partition coefficient (Wildman–Crippen LogP) is 3.35. The van der Waals surface area contributed by atoms with Crippen LogP contribution in [0.1, 0.15) is 79.1 Å². The van der Waals surface area contributed by atoms with Gasteiger partial charge in [-0.05, 0) is 91.8 Å². The molecule has 0 aromatic carbocycles. The summed E-state index contributed by atoms with van der Waals surface area (Å²) in [7, 11) is 0. The lowest BCUT2D eigenvalue weighted by Gasteiger charge is -2.62. The minimum absolute atomic E-state index is 0.0112. The van der Waals surface area contributed by atoms with E-state index in [2.05, 4.69) is 13.8 Å². The molecule has 0 heterocycles. The second kappa shape index (κ2) is 7.21. The van der Waals surface area contributed by atoms with Gasteiger partial charge in [-0.25, -0.2) is 0 Å². The first-order chi connectivity index (χ1) is 13.1. The largest absolute Gasteiger partial charge is 0.393 e. The zero-order valence-corrected chi connectivity index (χ0v) is 18.2. The molecule has 0 bridgehead atoms. The van der Waals surface area contributed by atoms with Gasteiger partial charge in [-0.3, -0.25) is 0 Å². The zero-order valence-electron chi connectivity index (χ0n) is 18.2. The van der Waals surface area contributed by atoms with Crippen molar-refractivity contribution in [2.75, 3.05) is 0 Å². The van der Waals surface area contributed by atoms with Gasteiger partial charge in [-0.2, -0.15) is 0 Å². The Kier molecular flexibility index (Phi) is 5.43. The Bertz CT molecular complexity index is 579. The second-order valence-corrected chi connectivity index (χ2v) is 11.5. The second-order valence-electron chi connectivity index (χ2n) is 11.5. The fourth-order valence-corrected chi connectivity index (χ4v) is 9.01. The summed E-state index contributed by atoms with van der Waals surface area (Å²) in [5.74, 6) is 1.87. The van der Waals surface area contributed by atoms with Crippen LogP contribution >= 0.6 is 0 Å². The van der Waals surface area contributed by atoms with E-state index in [-0.39, 0.29) is 28.8 Å². The smallest absolute Gasteiger partial charge is 0.0825 e. The van der Waals surface area contributed by atoms with Gasteiger partial charge in [0.1, 0.15) is 0 Å². The van der Waals surface area contributed by atoms with Crippen LogP contribution in [0.15, 0.2) is 0 Å². The number of hydrogen-bond donors (Lipinski definition) is 4. The Morgan fingerprint density at radius 1 is 0.786 bits per heavy atom. The first-order valence-corrected chi connectivity index (χ1v) is 11.8. The highest BCUT2D eigenvalue weighted by atomic mass is 16.3. The van der Waals surface area contributed by atoms with Crippen LogP contribution in [-0.2, 0) is 0 Å². The van der Waals surface area contributed by atoms with Crippen LogP contribution < -0.4 is 0 Å². The third-order valence-corrected chi connectivity index (χ3v) is 10.3. The van der Waals surface area contributed by atoms with Gasteiger partial charge < -0.3 is 20.4 Å². The maximum atomic E-state index is 11.1. The van der Waals surface area contributed by atoms with Gasteiger partial charge in [0.05, 0.1) is 24.4 Å². The van der Waals surface area contributed by atoms with Crippen molar-refractivity contribution in [3.05, 3.63) is 0 Å². The van der Waals surface area contributed by atoms with Crippen molar-refractivity contribution in [1.82, 2.24) is 0 Å². The molecular formula is C24H42O4. The van der Waals surface area contributed by atoms with Crippen molar-refractivity contribution in [1.29, 1.82) is 0 Å². The van der Waals surface area contributed by atoms with E-state index in [1.807, 2.05) is 6.92 Å². The van der Waals surface area contributed by atoms with Crippen LogP contribution in [0.2, 0.25) is 0 Å². The highest BCUT2D eigenvalue weighted by Crippen LogP contribution is 2.68. The molecule has 4 aliphatic rings. The molecule has 0 radical (unpaired) electrons. The van der Waals surface area contributed by atoms with Gasteiger partial charge in [-0.15, -0.1) is 0 Å². The van der Waals surface area contributed by atoms with E-state index in [1.165, 1.54) is 32.1 Å². The molecular weight excluding hydrogens is 352 g/mol. The van der Waals surface area contributed by atoms with E-state index < -0.39 is 18.3 Å². The van der Waals surface area contributed by atoms with Crippen LogP contribution in [0.5, 0.6) is 0 Å². The standard InChI is InChI=1S/C24H42O4/c1-13(22(28)14(2)25)21-20(27)12-18-15-11-19(26)17-7-5-6-9-23(17,3)16(15)8-10-24(18,21)4/h13-22,25-28H,5-12H2,1-4H3/t13-,14?,15+,16-,17?,18-,19?,20?,21-,22?,23+,24-/m0/s1. The topological polar surface area (TPSA) is 80.9 Å². The van der Waals surface area contributed by atoms with Crippen LogP contribution in [0.4, 0.5) is 0 Å². The fraction of sp³-hybridized carbons (Fsp3) is 1.00. The number of fused-ring (bicyclic) bond motifs is 5. The zero-order chi connectivity index (χ0) is 20.4. The fourth-order valence-electron chi connectivity index (χ4n) is 9.01. The summed E-state index contributed by atoms with van der Waals surface area (Å²) in [5, 5.41) is 42.6. The van der Waals surface area contributed by atoms with Crippen molar-refractivity contribution < 1.29 is 20.4 Å². The third-order valence-electron chi connectivity index (χ3n) is 10.3. The van der Waals surface area contributed by atoms with Gasteiger partial charge in [0.15, 0.2) is 0 Å². The molecule has 0 aromatic heterocycles. The van der Waals surface area contributed by atoms with E-state index in [4.69, 9.17) is 0 Å². The van der Waals surface area contributed by atoms with Crippen LogP contribution in [0, 0.1) is 46.3 Å². The summed E-state index contributed by atoms with van der Waals surface area (Å²) in [4.78, 5) is 0. The molecule has 4 saturated carbocycles. The maximum Gasteiger partial charge on any atom is 0.0825 e. The highest BCUT2D eigenvalue weighted by Gasteiger charge is 2.64. The number of hydrogen-bond acceptors (Lipinski definition) is 4. The molecule has 12 atom stereocenters. The van der Waals surface area contributed by atoms with E-state index in [0.29, 0.717) is 23.7 Å². The molecule has 4 fully saturated rings. The van der Waals surface area contributed by atoms with Crippen LogP contribution in [0.3, 0.4) is 0 Å². The summed E-state index contributed by atoms with van der Waals surface area (Å²) in [6.45, 7) is 8.41. The van der Waals surface area contributed by atoms with Crippen molar-refractivity contribution in [2.45, 2.75) is 103 Å². The molecule has 4 heteroatoms. The van der Waals surface area contributed by atoms with Crippen molar-refractivity contribution in [3.63, 3.8) is 0 Å². The Hall–Kier alpha value is -0.160. The monoisotopic (exact) mass is 394 g/mol. The van der Waals surface area contributed by atoms with Gasteiger partial charge in [0.25, 0.3) is 0 Å². The highest BCUT2D eigenvalue weighted by molar-refractivity contribution is 5.13. The third kappa shape index (κ3) is 2.92. The molecule has 4 nitrogen and oxygen atoms in total. The normalized spacial score (nSPS) is 54.2. The minimum atomic E-state index is -0.801. The molecule has 4 aliphatic carbocycles. The molecule has 4 rings (SSSR count).